The summed E-state index contributed by atoms with van der Waals surface area (Å²) >= 11 is 0. The summed E-state index contributed by atoms with van der Waals surface area (Å²) in [6.07, 6.45) is -4.20. The molecular formula is C17H13F3N2O2. The van der Waals surface area contributed by atoms with Crippen LogP contribution < -0.4 is 10.6 Å². The molecule has 1 unspecified atom stereocenters. The van der Waals surface area contributed by atoms with E-state index in [0.29, 0.717) is 5.56 Å². The van der Waals surface area contributed by atoms with Gasteiger partial charge < -0.3 is 10.6 Å². The van der Waals surface area contributed by atoms with Crippen LogP contribution in [0.4, 0.5) is 18.9 Å². The number of fused-ring (bicyclic) bond motifs is 1. The minimum atomic E-state index is -4.49. The Labute approximate surface area is 135 Å². The van der Waals surface area contributed by atoms with Crippen LogP contribution in [0.5, 0.6) is 0 Å². The number of amides is 2. The largest absolute Gasteiger partial charge is 0.416 e. The van der Waals surface area contributed by atoms with Gasteiger partial charge >= 0.3 is 6.18 Å². The van der Waals surface area contributed by atoms with Crippen molar-refractivity contribution in [2.45, 2.75) is 18.6 Å². The molecule has 0 aliphatic carbocycles. The lowest BCUT2D eigenvalue weighted by Gasteiger charge is -2.24. The van der Waals surface area contributed by atoms with Crippen LogP contribution in [-0.2, 0) is 17.4 Å². The van der Waals surface area contributed by atoms with Crippen LogP contribution in [0, 0.1) is 0 Å². The van der Waals surface area contributed by atoms with E-state index in [1.165, 1.54) is 12.1 Å². The van der Waals surface area contributed by atoms with Crippen LogP contribution in [-0.4, -0.2) is 17.9 Å². The molecule has 124 valence electrons. The molecule has 7 heteroatoms. The maximum atomic E-state index is 12.7. The summed E-state index contributed by atoms with van der Waals surface area (Å²) in [5, 5.41) is 4.99. The third kappa shape index (κ3) is 3.24. The van der Waals surface area contributed by atoms with E-state index >= 15 is 0 Å². The molecule has 2 aromatic rings. The van der Waals surface area contributed by atoms with Crippen molar-refractivity contribution in [3.05, 3.63) is 65.2 Å². The zero-order valence-electron chi connectivity index (χ0n) is 12.4. The molecule has 0 saturated carbocycles. The summed E-state index contributed by atoms with van der Waals surface area (Å²) in [5.74, 6) is -0.932. The van der Waals surface area contributed by atoms with E-state index < -0.39 is 23.7 Å². The highest BCUT2D eigenvalue weighted by molar-refractivity contribution is 6.03. The van der Waals surface area contributed by atoms with E-state index in [0.717, 1.165) is 17.7 Å². The van der Waals surface area contributed by atoms with Crippen molar-refractivity contribution in [1.29, 1.82) is 0 Å². The fraction of sp³-hybridized carbons (Fsp3) is 0.176. The second kappa shape index (κ2) is 5.99. The standard InChI is InChI=1S/C17H13F3N2O2/c18-17(19,20)11-5-3-6-12(9-11)21-16(24)14-8-10-4-1-2-7-13(10)15(23)22-14/h1-7,9,14H,8H2,(H,21,24)(H,22,23). The fourth-order valence-corrected chi connectivity index (χ4v) is 2.59. The predicted molar refractivity (Wildman–Crippen MR) is 81.5 cm³/mol. The first-order valence-electron chi connectivity index (χ1n) is 7.21. The Balaban J connectivity index is 1.76. The molecule has 0 radical (unpaired) electrons. The van der Waals surface area contributed by atoms with E-state index in [2.05, 4.69) is 10.6 Å². The van der Waals surface area contributed by atoms with Gasteiger partial charge in [0, 0.05) is 17.7 Å². The van der Waals surface area contributed by atoms with Gasteiger partial charge in [0.25, 0.3) is 5.91 Å². The molecule has 0 bridgehead atoms. The van der Waals surface area contributed by atoms with Crippen molar-refractivity contribution < 1.29 is 22.8 Å². The van der Waals surface area contributed by atoms with Gasteiger partial charge in [-0.25, -0.2) is 0 Å². The van der Waals surface area contributed by atoms with Gasteiger partial charge in [-0.1, -0.05) is 24.3 Å². The second-order valence-corrected chi connectivity index (χ2v) is 5.46. The first-order valence-corrected chi connectivity index (χ1v) is 7.21. The van der Waals surface area contributed by atoms with Crippen molar-refractivity contribution in [2.24, 2.45) is 0 Å². The minimum Gasteiger partial charge on any atom is -0.340 e. The van der Waals surface area contributed by atoms with Crippen molar-refractivity contribution in [2.75, 3.05) is 5.32 Å². The molecule has 0 aromatic heterocycles. The number of carbonyl (C=O) groups is 2. The van der Waals surface area contributed by atoms with Gasteiger partial charge in [-0.3, -0.25) is 9.59 Å². The highest BCUT2D eigenvalue weighted by atomic mass is 19.4. The molecular weight excluding hydrogens is 321 g/mol. The molecule has 0 spiro atoms. The van der Waals surface area contributed by atoms with Gasteiger partial charge in [-0.05, 0) is 29.8 Å². The monoisotopic (exact) mass is 334 g/mol. The SMILES string of the molecule is O=C1NC(C(=O)Nc2cccc(C(F)(F)F)c2)Cc2ccccc21. The van der Waals surface area contributed by atoms with Crippen LogP contribution in [0.25, 0.3) is 0 Å². The summed E-state index contributed by atoms with van der Waals surface area (Å²) in [4.78, 5) is 24.3. The smallest absolute Gasteiger partial charge is 0.340 e. The average Bonchev–Trinajstić information content (AvgIpc) is 2.54. The first kappa shape index (κ1) is 16.0. The van der Waals surface area contributed by atoms with Gasteiger partial charge in [0.05, 0.1) is 5.56 Å². The minimum absolute atomic E-state index is 0.0305. The molecule has 2 N–H and O–H groups in total. The van der Waals surface area contributed by atoms with Crippen molar-refractivity contribution in [1.82, 2.24) is 5.32 Å². The lowest BCUT2D eigenvalue weighted by Crippen LogP contribution is -2.48. The normalized spacial score (nSPS) is 17.0. The molecule has 1 atom stereocenters. The van der Waals surface area contributed by atoms with E-state index in [1.807, 2.05) is 0 Å². The summed E-state index contributed by atoms with van der Waals surface area (Å²) in [6, 6.07) is 10.4. The molecule has 0 saturated heterocycles. The molecule has 1 heterocycles. The van der Waals surface area contributed by atoms with Gasteiger partial charge in [0.2, 0.25) is 5.91 Å². The van der Waals surface area contributed by atoms with Crippen molar-refractivity contribution in [3.63, 3.8) is 0 Å². The topological polar surface area (TPSA) is 58.2 Å². The zero-order chi connectivity index (χ0) is 17.3. The highest BCUT2D eigenvalue weighted by Crippen LogP contribution is 2.30. The average molecular weight is 334 g/mol. The van der Waals surface area contributed by atoms with E-state index in [4.69, 9.17) is 0 Å². The molecule has 2 amide bonds. The number of hydrogen-bond donors (Lipinski definition) is 2. The van der Waals surface area contributed by atoms with Gasteiger partial charge in [0.15, 0.2) is 0 Å². The maximum Gasteiger partial charge on any atom is 0.416 e. The van der Waals surface area contributed by atoms with Gasteiger partial charge in [0.1, 0.15) is 6.04 Å². The van der Waals surface area contributed by atoms with Crippen LogP contribution in [0.15, 0.2) is 48.5 Å². The van der Waals surface area contributed by atoms with Crippen molar-refractivity contribution in [3.8, 4) is 0 Å². The van der Waals surface area contributed by atoms with Crippen LogP contribution in [0.2, 0.25) is 0 Å². The quantitative estimate of drug-likeness (QED) is 0.887. The highest BCUT2D eigenvalue weighted by Gasteiger charge is 2.31. The third-order valence-electron chi connectivity index (χ3n) is 3.77. The summed E-state index contributed by atoms with van der Waals surface area (Å²) < 4.78 is 38.1. The van der Waals surface area contributed by atoms with Crippen LogP contribution >= 0.6 is 0 Å². The van der Waals surface area contributed by atoms with Crippen LogP contribution in [0.3, 0.4) is 0 Å². The number of benzene rings is 2. The number of carbonyl (C=O) groups excluding carboxylic acids is 2. The predicted octanol–water partition coefficient (Wildman–Crippen LogP) is 3.00. The number of nitrogens with one attached hydrogen (secondary N) is 2. The number of hydrogen-bond acceptors (Lipinski definition) is 2. The zero-order valence-corrected chi connectivity index (χ0v) is 12.4. The second-order valence-electron chi connectivity index (χ2n) is 5.46. The lowest BCUT2D eigenvalue weighted by molar-refractivity contribution is -0.137. The molecule has 24 heavy (non-hydrogen) atoms. The lowest BCUT2D eigenvalue weighted by atomic mass is 9.95. The fourth-order valence-electron chi connectivity index (χ4n) is 2.59. The van der Waals surface area contributed by atoms with E-state index in [1.54, 1.807) is 24.3 Å². The van der Waals surface area contributed by atoms with E-state index in [9.17, 15) is 22.8 Å². The molecule has 0 fully saturated rings. The molecule has 4 nitrogen and oxygen atoms in total. The van der Waals surface area contributed by atoms with Crippen molar-refractivity contribution >= 4 is 17.5 Å². The van der Waals surface area contributed by atoms with E-state index in [-0.39, 0.29) is 18.0 Å². The number of alkyl halides is 3. The Morgan fingerprint density at radius 2 is 1.88 bits per heavy atom. The summed E-state index contributed by atoms with van der Waals surface area (Å²) in [5.41, 5.74) is 0.410. The molecule has 2 aromatic carbocycles. The molecule has 3 rings (SSSR count). The Morgan fingerprint density at radius 3 is 2.62 bits per heavy atom. The Hall–Kier alpha value is -2.83. The Kier molecular flexibility index (Phi) is 4.01. The summed E-state index contributed by atoms with van der Waals surface area (Å²) in [6.45, 7) is 0. The maximum absolute atomic E-state index is 12.7. The number of anilines is 1. The Morgan fingerprint density at radius 1 is 1.12 bits per heavy atom. The van der Waals surface area contributed by atoms with Gasteiger partial charge in [-0.15, -0.1) is 0 Å². The molecule has 1 aliphatic heterocycles. The Bertz CT molecular complexity index is 802. The number of halogens is 3. The number of rotatable bonds is 2. The molecule has 1 aliphatic rings. The van der Waals surface area contributed by atoms with Gasteiger partial charge in [-0.2, -0.15) is 13.2 Å². The third-order valence-corrected chi connectivity index (χ3v) is 3.77. The first-order chi connectivity index (χ1) is 11.3. The van der Waals surface area contributed by atoms with Crippen LogP contribution in [0.1, 0.15) is 21.5 Å². The summed E-state index contributed by atoms with van der Waals surface area (Å²) in [7, 11) is 0.